The number of carboxylic acids is 1. The van der Waals surface area contributed by atoms with Gasteiger partial charge in [-0.3, -0.25) is 4.79 Å². The molecule has 0 fully saturated rings. The topological polar surface area (TPSA) is 68.1 Å². The van der Waals surface area contributed by atoms with Gasteiger partial charge in [0.2, 0.25) is 0 Å². The summed E-state index contributed by atoms with van der Waals surface area (Å²) in [5, 5.41) is 12.9. The van der Waals surface area contributed by atoms with Crippen molar-refractivity contribution >= 4 is 12.2 Å². The molecule has 3 aromatic rings. The van der Waals surface area contributed by atoms with Crippen LogP contribution in [0.1, 0.15) is 22.3 Å². The molecule has 0 amide bonds. The molecule has 0 aliphatic carbocycles. The number of aliphatic carboxylic acids is 1. The molecule has 0 aliphatic rings. The van der Waals surface area contributed by atoms with Gasteiger partial charge in [-0.25, -0.2) is 0 Å². The first-order valence-electron chi connectivity index (χ1n) is 10.0. The number of oxime groups is 1. The van der Waals surface area contributed by atoms with Gasteiger partial charge in [-0.05, 0) is 46.5 Å². The van der Waals surface area contributed by atoms with Crippen LogP contribution in [0.15, 0.2) is 71.9 Å². The van der Waals surface area contributed by atoms with Crippen LogP contribution in [0, 0.1) is 0 Å². The number of methoxy groups -OCH3 is 1. The molecule has 3 aromatic carbocycles. The molecule has 0 saturated carbocycles. The number of rotatable bonds is 9. The summed E-state index contributed by atoms with van der Waals surface area (Å²) >= 11 is 0. The Hall–Kier alpha value is -3.81. The zero-order valence-corrected chi connectivity index (χ0v) is 17.8. The number of hydrogen-bond acceptors (Lipinski definition) is 4. The van der Waals surface area contributed by atoms with Crippen LogP contribution in [0.5, 0.6) is 5.75 Å². The molecule has 0 spiro atoms. The van der Waals surface area contributed by atoms with E-state index < -0.39 is 17.7 Å². The molecular formula is C25H22F3NO4. The maximum Gasteiger partial charge on any atom is 0.416 e. The normalized spacial score (nSPS) is 11.5. The SMILES string of the molecule is COc1ccc(-c2cccc(CC(=O)O)c2)cc1CC=NOCc1cccc(C(F)(F)F)c1. The molecule has 3 rings (SSSR count). The van der Waals surface area contributed by atoms with Gasteiger partial charge in [-0.1, -0.05) is 47.6 Å². The molecule has 1 N–H and O–H groups in total. The monoisotopic (exact) mass is 457 g/mol. The smallest absolute Gasteiger partial charge is 0.416 e. The molecule has 0 atom stereocenters. The van der Waals surface area contributed by atoms with Crippen LogP contribution in [0.3, 0.4) is 0 Å². The van der Waals surface area contributed by atoms with Crippen LogP contribution in [0.25, 0.3) is 11.1 Å². The fourth-order valence-corrected chi connectivity index (χ4v) is 3.29. The Balaban J connectivity index is 1.67. The van der Waals surface area contributed by atoms with Crippen LogP contribution < -0.4 is 4.74 Å². The van der Waals surface area contributed by atoms with E-state index in [4.69, 9.17) is 14.7 Å². The molecule has 0 heterocycles. The molecule has 0 saturated heterocycles. The molecule has 0 aliphatic heterocycles. The molecule has 8 heteroatoms. The minimum Gasteiger partial charge on any atom is -0.496 e. The summed E-state index contributed by atoms with van der Waals surface area (Å²) in [6.07, 6.45) is -2.59. The van der Waals surface area contributed by atoms with Crippen LogP contribution in [0.4, 0.5) is 13.2 Å². The highest BCUT2D eigenvalue weighted by Crippen LogP contribution is 2.30. The summed E-state index contributed by atoms with van der Waals surface area (Å²) < 4.78 is 43.8. The summed E-state index contributed by atoms with van der Waals surface area (Å²) in [4.78, 5) is 16.1. The average Bonchev–Trinajstić information content (AvgIpc) is 2.78. The van der Waals surface area contributed by atoms with Gasteiger partial charge in [0.05, 0.1) is 19.1 Å². The standard InChI is InChI=1S/C25H22F3NO4/c1-32-23-9-8-20(19-6-2-4-17(12-19)14-24(30)31)15-21(23)10-11-29-33-16-18-5-3-7-22(13-18)25(26,27)28/h2-9,11-13,15H,10,14,16H2,1H3,(H,30,31). The van der Waals surface area contributed by atoms with E-state index in [-0.39, 0.29) is 13.0 Å². The highest BCUT2D eigenvalue weighted by atomic mass is 19.4. The number of alkyl halides is 3. The van der Waals surface area contributed by atoms with Crippen LogP contribution >= 0.6 is 0 Å². The number of carboxylic acid groups (broad SMARTS) is 1. The highest BCUT2D eigenvalue weighted by Gasteiger charge is 2.30. The van der Waals surface area contributed by atoms with E-state index in [1.807, 2.05) is 30.3 Å². The minimum atomic E-state index is -4.41. The van der Waals surface area contributed by atoms with Gasteiger partial charge in [0.15, 0.2) is 0 Å². The Morgan fingerprint density at radius 1 is 1.00 bits per heavy atom. The van der Waals surface area contributed by atoms with Crippen molar-refractivity contribution in [3.05, 3.63) is 89.0 Å². The lowest BCUT2D eigenvalue weighted by Crippen LogP contribution is -2.05. The Labute approximate surface area is 189 Å². The number of ether oxygens (including phenoxy) is 1. The summed E-state index contributed by atoms with van der Waals surface area (Å²) in [5.41, 5.74) is 2.91. The largest absolute Gasteiger partial charge is 0.496 e. The third kappa shape index (κ3) is 6.83. The van der Waals surface area contributed by atoms with Crippen molar-refractivity contribution < 1.29 is 32.6 Å². The van der Waals surface area contributed by atoms with Gasteiger partial charge < -0.3 is 14.7 Å². The third-order valence-corrected chi connectivity index (χ3v) is 4.84. The van der Waals surface area contributed by atoms with Crippen LogP contribution in [-0.4, -0.2) is 24.4 Å². The van der Waals surface area contributed by atoms with Gasteiger partial charge in [-0.15, -0.1) is 0 Å². The second kappa shape index (κ2) is 10.7. The van der Waals surface area contributed by atoms with E-state index >= 15 is 0 Å². The number of halogens is 3. The Morgan fingerprint density at radius 3 is 2.45 bits per heavy atom. The first-order chi connectivity index (χ1) is 15.8. The van der Waals surface area contributed by atoms with Crippen molar-refractivity contribution in [3.63, 3.8) is 0 Å². The molecule has 0 bridgehead atoms. The van der Waals surface area contributed by atoms with Gasteiger partial charge >= 0.3 is 12.1 Å². The predicted octanol–water partition coefficient (Wildman–Crippen LogP) is 5.75. The van der Waals surface area contributed by atoms with Gasteiger partial charge in [0, 0.05) is 18.2 Å². The van der Waals surface area contributed by atoms with Gasteiger partial charge in [0.1, 0.15) is 12.4 Å². The molecule has 0 radical (unpaired) electrons. The Bertz CT molecular complexity index is 1140. The Morgan fingerprint density at radius 2 is 1.73 bits per heavy atom. The van der Waals surface area contributed by atoms with E-state index in [0.717, 1.165) is 28.8 Å². The minimum absolute atomic E-state index is 0.0628. The number of carbonyl (C=O) groups is 1. The van der Waals surface area contributed by atoms with Crippen molar-refractivity contribution in [1.82, 2.24) is 0 Å². The van der Waals surface area contributed by atoms with Crippen molar-refractivity contribution in [1.29, 1.82) is 0 Å². The van der Waals surface area contributed by atoms with E-state index in [1.54, 1.807) is 19.2 Å². The zero-order valence-electron chi connectivity index (χ0n) is 17.8. The lowest BCUT2D eigenvalue weighted by Gasteiger charge is -2.10. The van der Waals surface area contributed by atoms with Crippen LogP contribution in [0.2, 0.25) is 0 Å². The maximum atomic E-state index is 12.8. The van der Waals surface area contributed by atoms with E-state index in [0.29, 0.717) is 23.3 Å². The molecule has 0 aromatic heterocycles. The van der Waals surface area contributed by atoms with Gasteiger partial charge in [-0.2, -0.15) is 13.2 Å². The summed E-state index contributed by atoms with van der Waals surface area (Å²) in [5.74, 6) is -0.256. The quantitative estimate of drug-likeness (QED) is 0.328. The van der Waals surface area contributed by atoms with E-state index in [2.05, 4.69) is 5.16 Å². The third-order valence-electron chi connectivity index (χ3n) is 4.84. The fraction of sp³-hybridized carbons (Fsp3) is 0.200. The second-order valence-corrected chi connectivity index (χ2v) is 7.26. The first kappa shape index (κ1) is 23.8. The molecule has 5 nitrogen and oxygen atoms in total. The Kier molecular flexibility index (Phi) is 7.71. The van der Waals surface area contributed by atoms with Gasteiger partial charge in [0.25, 0.3) is 0 Å². The van der Waals surface area contributed by atoms with E-state index in [1.165, 1.54) is 18.3 Å². The summed E-state index contributed by atoms with van der Waals surface area (Å²) in [7, 11) is 1.55. The predicted molar refractivity (Wildman–Crippen MR) is 118 cm³/mol. The summed E-state index contributed by atoms with van der Waals surface area (Å²) in [6.45, 7) is -0.0893. The number of hydrogen-bond donors (Lipinski definition) is 1. The lowest BCUT2D eigenvalue weighted by molar-refractivity contribution is -0.138. The molecule has 33 heavy (non-hydrogen) atoms. The molecule has 172 valence electrons. The molecular weight excluding hydrogens is 435 g/mol. The van der Waals surface area contributed by atoms with Crippen molar-refractivity contribution in [2.24, 2.45) is 5.16 Å². The van der Waals surface area contributed by atoms with Crippen LogP contribution in [-0.2, 0) is 35.3 Å². The van der Waals surface area contributed by atoms with Crippen molar-refractivity contribution in [2.45, 2.75) is 25.6 Å². The highest BCUT2D eigenvalue weighted by molar-refractivity contribution is 5.73. The van der Waals surface area contributed by atoms with Crippen molar-refractivity contribution in [2.75, 3.05) is 7.11 Å². The van der Waals surface area contributed by atoms with Crippen molar-refractivity contribution in [3.8, 4) is 16.9 Å². The lowest BCUT2D eigenvalue weighted by atomic mass is 9.99. The zero-order chi connectivity index (χ0) is 23.8. The average molecular weight is 457 g/mol. The second-order valence-electron chi connectivity index (χ2n) is 7.26. The number of nitrogens with zero attached hydrogens (tertiary/aromatic N) is 1. The fourth-order valence-electron chi connectivity index (χ4n) is 3.29. The number of benzene rings is 3. The summed E-state index contributed by atoms with van der Waals surface area (Å²) in [6, 6.07) is 17.8. The first-order valence-corrected chi connectivity index (χ1v) is 10.0. The van der Waals surface area contributed by atoms with E-state index in [9.17, 15) is 18.0 Å². The maximum absolute atomic E-state index is 12.8. The molecule has 0 unspecified atom stereocenters.